The minimum Gasteiger partial charge on any atom is -0.456 e. The van der Waals surface area contributed by atoms with Crippen molar-refractivity contribution in [1.29, 1.82) is 0 Å². The number of carbonyl (C=O) groups excluding carboxylic acids is 6. The molecule has 13 nitrogen and oxygen atoms in total. The molecule has 6 aliphatic rings. The van der Waals surface area contributed by atoms with E-state index in [4.69, 9.17) is 23.7 Å². The van der Waals surface area contributed by atoms with Crippen molar-refractivity contribution in [3.8, 4) is 0 Å². The molecule has 0 aromatic rings. The highest BCUT2D eigenvalue weighted by Gasteiger charge is 2.45. The summed E-state index contributed by atoms with van der Waals surface area (Å²) in [5, 5.41) is 0. The molecule has 0 aromatic heterocycles. The molecular formula is C41H52N2O11. The van der Waals surface area contributed by atoms with Crippen LogP contribution < -0.4 is 0 Å². The van der Waals surface area contributed by atoms with Crippen LogP contribution in [0.4, 0.5) is 9.59 Å². The second kappa shape index (κ2) is 15.0. The Balaban J connectivity index is 1.07. The van der Waals surface area contributed by atoms with E-state index in [1.807, 2.05) is 19.9 Å². The Labute approximate surface area is 316 Å². The fraction of sp³-hybridized carbons (Fsp3) is 0.610. The van der Waals surface area contributed by atoms with Gasteiger partial charge in [-0.3, -0.25) is 19.4 Å². The molecule has 3 heterocycles. The summed E-state index contributed by atoms with van der Waals surface area (Å²) in [6.45, 7) is 14.1. The van der Waals surface area contributed by atoms with Gasteiger partial charge in [-0.1, -0.05) is 12.2 Å². The Morgan fingerprint density at radius 1 is 0.796 bits per heavy atom. The Morgan fingerprint density at radius 2 is 1.39 bits per heavy atom. The first-order valence-corrected chi connectivity index (χ1v) is 19.0. The molecule has 13 heteroatoms. The van der Waals surface area contributed by atoms with Gasteiger partial charge >= 0.3 is 24.1 Å². The smallest absolute Gasteiger partial charge is 0.411 e. The van der Waals surface area contributed by atoms with Crippen molar-refractivity contribution >= 4 is 35.7 Å². The van der Waals surface area contributed by atoms with Gasteiger partial charge < -0.3 is 23.7 Å². The van der Waals surface area contributed by atoms with Crippen molar-refractivity contribution in [3.05, 3.63) is 57.7 Å². The van der Waals surface area contributed by atoms with Gasteiger partial charge in [0.2, 0.25) is 5.78 Å². The van der Waals surface area contributed by atoms with Gasteiger partial charge in [-0.15, -0.1) is 0 Å². The molecule has 0 radical (unpaired) electrons. The lowest BCUT2D eigenvalue weighted by atomic mass is 9.77. The number of fused-ring (bicyclic) bond motifs is 3. The van der Waals surface area contributed by atoms with E-state index in [-0.39, 0.29) is 30.3 Å². The molecular weight excluding hydrogens is 696 g/mol. The summed E-state index contributed by atoms with van der Waals surface area (Å²) in [5.41, 5.74) is 3.03. The summed E-state index contributed by atoms with van der Waals surface area (Å²) >= 11 is 0. The summed E-state index contributed by atoms with van der Waals surface area (Å²) in [6, 6.07) is -2.04. The van der Waals surface area contributed by atoms with Crippen molar-refractivity contribution in [2.24, 2.45) is 0 Å². The molecule has 0 bridgehead atoms. The Hall–Kier alpha value is -4.52. The zero-order valence-corrected chi connectivity index (χ0v) is 32.5. The van der Waals surface area contributed by atoms with Crippen molar-refractivity contribution in [1.82, 2.24) is 9.80 Å². The van der Waals surface area contributed by atoms with Crippen LogP contribution in [0, 0.1) is 0 Å². The van der Waals surface area contributed by atoms with Crippen LogP contribution in [0.1, 0.15) is 100 Å². The maximum atomic E-state index is 13.7. The SMILES string of the molecule is C[C@H]1CC[C@@H](C(=O)OCC(=O)C2=CCC3=C4C=C5CCC(OC(=O)[C@@H]6CC[C@H](C)N6C(=O)OC(C)(C)C)C(=O)C5=CC4OCC3=C2)N1C(=O)OC(C)(C)C. The lowest BCUT2D eigenvalue weighted by molar-refractivity contribution is -0.159. The zero-order valence-electron chi connectivity index (χ0n) is 32.5. The lowest BCUT2D eigenvalue weighted by Gasteiger charge is -2.35. The average molecular weight is 749 g/mol. The van der Waals surface area contributed by atoms with Crippen molar-refractivity contribution < 1.29 is 52.5 Å². The topological polar surface area (TPSA) is 155 Å². The van der Waals surface area contributed by atoms with Gasteiger partial charge in [0.1, 0.15) is 29.4 Å². The molecule has 2 amide bonds. The fourth-order valence-electron chi connectivity index (χ4n) is 7.94. The average Bonchev–Trinajstić information content (AvgIpc) is 3.68. The largest absolute Gasteiger partial charge is 0.456 e. The van der Waals surface area contributed by atoms with Crippen LogP contribution in [0.15, 0.2) is 57.7 Å². The summed E-state index contributed by atoms with van der Waals surface area (Å²) in [5.74, 6) is -1.90. The second-order valence-electron chi connectivity index (χ2n) is 17.0. The summed E-state index contributed by atoms with van der Waals surface area (Å²) < 4.78 is 28.4. The highest BCUT2D eigenvalue weighted by molar-refractivity contribution is 6.05. The van der Waals surface area contributed by atoms with Gasteiger partial charge in [0.05, 0.1) is 6.61 Å². The van der Waals surface area contributed by atoms with Crippen LogP contribution in [-0.2, 0) is 42.9 Å². The van der Waals surface area contributed by atoms with Crippen LogP contribution in [0.3, 0.4) is 0 Å². The van der Waals surface area contributed by atoms with Gasteiger partial charge in [-0.25, -0.2) is 19.2 Å². The van der Waals surface area contributed by atoms with E-state index >= 15 is 0 Å². The molecule has 292 valence electrons. The van der Waals surface area contributed by atoms with E-state index in [0.29, 0.717) is 56.1 Å². The fourth-order valence-corrected chi connectivity index (χ4v) is 7.94. The van der Waals surface area contributed by atoms with Crippen LogP contribution in [0.2, 0.25) is 0 Å². The van der Waals surface area contributed by atoms with Gasteiger partial charge in [-0.05, 0) is 135 Å². The van der Waals surface area contributed by atoms with E-state index in [1.54, 1.807) is 59.8 Å². The third kappa shape index (κ3) is 8.25. The number of ketones is 2. The summed E-state index contributed by atoms with van der Waals surface area (Å²) in [7, 11) is 0. The maximum Gasteiger partial charge on any atom is 0.411 e. The van der Waals surface area contributed by atoms with E-state index < -0.39 is 66.2 Å². The number of hydrogen-bond acceptors (Lipinski definition) is 11. The summed E-state index contributed by atoms with van der Waals surface area (Å²) in [4.78, 5) is 81.8. The predicted octanol–water partition coefficient (Wildman–Crippen LogP) is 5.77. The van der Waals surface area contributed by atoms with Gasteiger partial charge in [-0.2, -0.15) is 0 Å². The first-order chi connectivity index (χ1) is 25.3. The molecule has 0 aromatic carbocycles. The van der Waals surface area contributed by atoms with Gasteiger partial charge in [0.25, 0.3) is 0 Å². The van der Waals surface area contributed by atoms with Gasteiger partial charge in [0.15, 0.2) is 18.5 Å². The zero-order chi connectivity index (χ0) is 39.3. The maximum absolute atomic E-state index is 13.7. The molecule has 6 rings (SSSR count). The monoisotopic (exact) mass is 748 g/mol. The predicted molar refractivity (Wildman–Crippen MR) is 195 cm³/mol. The van der Waals surface area contributed by atoms with Crippen LogP contribution in [0.25, 0.3) is 0 Å². The first-order valence-electron chi connectivity index (χ1n) is 19.0. The minimum atomic E-state index is -0.969. The molecule has 3 aliphatic carbocycles. The first kappa shape index (κ1) is 39.2. The molecule has 3 aliphatic heterocycles. The van der Waals surface area contributed by atoms with Crippen LogP contribution >= 0.6 is 0 Å². The van der Waals surface area contributed by atoms with E-state index in [1.165, 1.54) is 9.80 Å². The number of nitrogens with zero attached hydrogens (tertiary/aromatic N) is 2. The summed E-state index contributed by atoms with van der Waals surface area (Å²) in [6.07, 6.45) is 8.07. The Kier molecular flexibility index (Phi) is 10.9. The lowest BCUT2D eigenvalue weighted by Crippen LogP contribution is -2.48. The number of likely N-dealkylation sites (tertiary alicyclic amines) is 2. The van der Waals surface area contributed by atoms with Crippen molar-refractivity contribution in [3.63, 3.8) is 0 Å². The van der Waals surface area contributed by atoms with Crippen LogP contribution in [-0.4, -0.2) is 106 Å². The molecule has 2 saturated heterocycles. The number of ether oxygens (including phenoxy) is 5. The molecule has 2 unspecified atom stereocenters. The van der Waals surface area contributed by atoms with E-state index in [9.17, 15) is 28.8 Å². The molecule has 1 saturated carbocycles. The number of hydrogen-bond donors (Lipinski definition) is 0. The minimum absolute atomic E-state index is 0.198. The third-order valence-electron chi connectivity index (χ3n) is 10.6. The second-order valence-corrected chi connectivity index (χ2v) is 17.0. The molecule has 6 atom stereocenters. The van der Waals surface area contributed by atoms with Crippen molar-refractivity contribution in [2.75, 3.05) is 13.2 Å². The molecule has 3 fully saturated rings. The highest BCUT2D eigenvalue weighted by Crippen LogP contribution is 2.41. The number of esters is 2. The van der Waals surface area contributed by atoms with Crippen LogP contribution in [0.5, 0.6) is 0 Å². The molecule has 54 heavy (non-hydrogen) atoms. The quantitative estimate of drug-likeness (QED) is 0.240. The normalized spacial score (nSPS) is 28.1. The Bertz CT molecular complexity index is 1780. The third-order valence-corrected chi connectivity index (χ3v) is 10.6. The number of allylic oxidation sites excluding steroid dienone is 3. The van der Waals surface area contributed by atoms with Crippen molar-refractivity contribution in [2.45, 2.75) is 148 Å². The van der Waals surface area contributed by atoms with E-state index in [2.05, 4.69) is 0 Å². The number of Topliss-reactive ketones (excluding diaryl/α,β-unsaturated/α-hetero) is 2. The van der Waals surface area contributed by atoms with Gasteiger partial charge in [0, 0.05) is 23.2 Å². The molecule has 0 N–H and O–H groups in total. The van der Waals surface area contributed by atoms with E-state index in [0.717, 1.165) is 22.3 Å². The highest BCUT2D eigenvalue weighted by atomic mass is 16.6. The standard InChI is InChI=1S/C41H52N2O11/c1-22-9-14-30(42(22)38(48)53-40(3,4)5)36(46)51-21-32(44)25-11-13-27-26(17-25)20-50-34-19-28-24(18-29(27)34)12-16-33(35(28)45)52-37(47)31-15-10-23(2)43(31)39(49)54-41(6,7)8/h11,17-19,22-23,30-31,33-34H,9-10,12-16,20-21H2,1-8H3/t22-,23-,30-,31-,33?,34?/m0/s1. The number of amides is 2. The number of rotatable bonds is 6. The Morgan fingerprint density at radius 3 is 1.98 bits per heavy atom. The molecule has 0 spiro atoms. The number of carbonyl (C=O) groups is 6.